The summed E-state index contributed by atoms with van der Waals surface area (Å²) >= 11 is 5.81. The zero-order valence-corrected chi connectivity index (χ0v) is 15.5. The molecule has 1 amide bonds. The smallest absolute Gasteiger partial charge is 0.255 e. The fourth-order valence-corrected chi connectivity index (χ4v) is 4.52. The molecule has 6 nitrogen and oxygen atoms in total. The summed E-state index contributed by atoms with van der Waals surface area (Å²) in [7, 11) is -3.57. The third-order valence-electron chi connectivity index (χ3n) is 4.39. The number of phenols is 1. The van der Waals surface area contributed by atoms with Crippen LogP contribution in [0.1, 0.15) is 23.2 Å². The minimum atomic E-state index is -3.57. The van der Waals surface area contributed by atoms with Crippen molar-refractivity contribution in [3.05, 3.63) is 59.1 Å². The van der Waals surface area contributed by atoms with Crippen molar-refractivity contribution in [2.75, 3.05) is 13.1 Å². The van der Waals surface area contributed by atoms with E-state index in [0.717, 1.165) is 0 Å². The Balaban J connectivity index is 1.61. The van der Waals surface area contributed by atoms with Crippen LogP contribution in [-0.2, 0) is 10.0 Å². The normalized spacial score (nSPS) is 16.3. The van der Waals surface area contributed by atoms with Gasteiger partial charge in [0.2, 0.25) is 10.0 Å². The highest BCUT2D eigenvalue weighted by molar-refractivity contribution is 7.89. The largest absolute Gasteiger partial charge is 0.507 e. The molecule has 2 aromatic carbocycles. The molecule has 1 saturated heterocycles. The number of sulfonamides is 1. The van der Waals surface area contributed by atoms with Crippen molar-refractivity contribution < 1.29 is 18.3 Å². The minimum absolute atomic E-state index is 0.0762. The van der Waals surface area contributed by atoms with Gasteiger partial charge in [0, 0.05) is 24.2 Å². The molecule has 26 heavy (non-hydrogen) atoms. The first-order chi connectivity index (χ1) is 12.4. The van der Waals surface area contributed by atoms with Crippen LogP contribution in [0.3, 0.4) is 0 Å². The van der Waals surface area contributed by atoms with Crippen molar-refractivity contribution in [3.8, 4) is 5.75 Å². The van der Waals surface area contributed by atoms with E-state index in [1.54, 1.807) is 30.3 Å². The number of amides is 1. The zero-order chi connectivity index (χ0) is 18.7. The number of hydrogen-bond donors (Lipinski definition) is 2. The number of aromatic hydroxyl groups is 1. The molecule has 0 aromatic heterocycles. The molecule has 0 bridgehead atoms. The summed E-state index contributed by atoms with van der Waals surface area (Å²) in [4.78, 5) is 12.5. The van der Waals surface area contributed by atoms with Crippen LogP contribution in [0.5, 0.6) is 5.75 Å². The Kier molecular flexibility index (Phi) is 5.50. The van der Waals surface area contributed by atoms with Crippen LogP contribution in [0.25, 0.3) is 0 Å². The number of carbonyl (C=O) groups excluding carboxylic acids is 1. The van der Waals surface area contributed by atoms with E-state index in [1.165, 1.54) is 22.5 Å². The molecule has 0 radical (unpaired) electrons. The van der Waals surface area contributed by atoms with Crippen LogP contribution in [0.4, 0.5) is 0 Å². The number of halogens is 1. The summed E-state index contributed by atoms with van der Waals surface area (Å²) in [5, 5.41) is 13.1. The van der Waals surface area contributed by atoms with Crippen LogP contribution in [0, 0.1) is 0 Å². The number of carbonyl (C=O) groups is 1. The number of nitrogens with zero attached hydrogens (tertiary/aromatic N) is 1. The maximum atomic E-state index is 12.7. The summed E-state index contributed by atoms with van der Waals surface area (Å²) in [5.41, 5.74) is 0.212. The molecule has 1 heterocycles. The van der Waals surface area contributed by atoms with Crippen molar-refractivity contribution in [2.45, 2.75) is 23.8 Å². The number of piperidine rings is 1. The lowest BCUT2D eigenvalue weighted by Gasteiger charge is -2.31. The van der Waals surface area contributed by atoms with Gasteiger partial charge in [-0.3, -0.25) is 4.79 Å². The molecule has 0 spiro atoms. The molecule has 1 aliphatic heterocycles. The lowest BCUT2D eigenvalue weighted by atomic mass is 10.1. The maximum absolute atomic E-state index is 12.7. The van der Waals surface area contributed by atoms with Crippen molar-refractivity contribution >= 4 is 27.5 Å². The molecule has 0 saturated carbocycles. The third-order valence-corrected chi connectivity index (χ3v) is 6.55. The molecular formula is C18H19ClN2O4S. The number of para-hydroxylation sites is 1. The Hall–Kier alpha value is -2.09. The lowest BCUT2D eigenvalue weighted by molar-refractivity contribution is 0.0921. The molecule has 3 rings (SSSR count). The Labute approximate surface area is 157 Å². The number of benzene rings is 2. The molecule has 0 aliphatic carbocycles. The Morgan fingerprint density at radius 1 is 1.08 bits per heavy atom. The van der Waals surface area contributed by atoms with E-state index in [2.05, 4.69) is 5.32 Å². The van der Waals surface area contributed by atoms with Gasteiger partial charge >= 0.3 is 0 Å². The Morgan fingerprint density at radius 2 is 1.69 bits per heavy atom. The summed E-state index contributed by atoms with van der Waals surface area (Å²) in [6.07, 6.45) is 1.01. The van der Waals surface area contributed by atoms with Crippen LogP contribution >= 0.6 is 11.6 Å². The fraction of sp³-hybridized carbons (Fsp3) is 0.278. The van der Waals surface area contributed by atoms with Crippen molar-refractivity contribution in [3.63, 3.8) is 0 Å². The van der Waals surface area contributed by atoms with E-state index < -0.39 is 10.0 Å². The van der Waals surface area contributed by atoms with E-state index in [1.807, 2.05) is 0 Å². The lowest BCUT2D eigenvalue weighted by Crippen LogP contribution is -2.46. The third kappa shape index (κ3) is 4.00. The summed E-state index contributed by atoms with van der Waals surface area (Å²) in [5.74, 6) is -0.435. The van der Waals surface area contributed by atoms with E-state index in [0.29, 0.717) is 31.0 Å². The minimum Gasteiger partial charge on any atom is -0.507 e. The molecule has 8 heteroatoms. The standard InChI is InChI=1S/C18H19ClN2O4S/c19-13-5-7-15(8-6-13)26(24,25)21-11-9-14(10-12-21)20-18(23)16-3-1-2-4-17(16)22/h1-8,14,22H,9-12H2,(H,20,23). The van der Waals surface area contributed by atoms with E-state index in [9.17, 15) is 18.3 Å². The molecular weight excluding hydrogens is 376 g/mol. The number of rotatable bonds is 4. The Bertz CT molecular complexity index is 892. The maximum Gasteiger partial charge on any atom is 0.255 e. The molecule has 1 aliphatic rings. The first-order valence-corrected chi connectivity index (χ1v) is 10.0. The van der Waals surface area contributed by atoms with E-state index >= 15 is 0 Å². The second-order valence-electron chi connectivity index (χ2n) is 6.12. The Morgan fingerprint density at radius 3 is 2.31 bits per heavy atom. The van der Waals surface area contributed by atoms with Crippen molar-refractivity contribution in [1.82, 2.24) is 9.62 Å². The molecule has 2 N–H and O–H groups in total. The highest BCUT2D eigenvalue weighted by Crippen LogP contribution is 2.23. The molecule has 138 valence electrons. The summed E-state index contributed by atoms with van der Waals surface area (Å²) in [6, 6.07) is 12.3. The van der Waals surface area contributed by atoms with Gasteiger partial charge in [-0.1, -0.05) is 23.7 Å². The number of nitrogens with one attached hydrogen (secondary N) is 1. The van der Waals surface area contributed by atoms with Gasteiger partial charge in [-0.05, 0) is 49.2 Å². The van der Waals surface area contributed by atoms with Crippen LogP contribution < -0.4 is 5.32 Å². The van der Waals surface area contributed by atoms with Gasteiger partial charge in [0.1, 0.15) is 5.75 Å². The van der Waals surface area contributed by atoms with Gasteiger partial charge in [0.25, 0.3) is 5.91 Å². The fourth-order valence-electron chi connectivity index (χ4n) is 2.92. The van der Waals surface area contributed by atoms with Gasteiger partial charge in [-0.2, -0.15) is 4.31 Å². The quantitative estimate of drug-likeness (QED) is 0.834. The second kappa shape index (κ2) is 7.65. The molecule has 2 aromatic rings. The summed E-state index contributed by atoms with van der Waals surface area (Å²) < 4.78 is 26.7. The average molecular weight is 395 g/mol. The van der Waals surface area contributed by atoms with Crippen LogP contribution in [-0.4, -0.2) is 42.9 Å². The van der Waals surface area contributed by atoms with E-state index in [4.69, 9.17) is 11.6 Å². The molecule has 0 unspecified atom stereocenters. The van der Waals surface area contributed by atoms with E-state index in [-0.39, 0.29) is 28.2 Å². The van der Waals surface area contributed by atoms with Crippen LogP contribution in [0.2, 0.25) is 5.02 Å². The SMILES string of the molecule is O=C(NC1CCN(S(=O)(=O)c2ccc(Cl)cc2)CC1)c1ccccc1O. The predicted octanol–water partition coefficient (Wildman–Crippen LogP) is 2.63. The van der Waals surface area contributed by atoms with Gasteiger partial charge in [0.15, 0.2) is 0 Å². The molecule has 0 atom stereocenters. The number of phenolic OH excluding ortho intramolecular Hbond substituents is 1. The van der Waals surface area contributed by atoms with Crippen molar-refractivity contribution in [1.29, 1.82) is 0 Å². The van der Waals surface area contributed by atoms with Gasteiger partial charge < -0.3 is 10.4 Å². The van der Waals surface area contributed by atoms with Crippen molar-refractivity contribution in [2.24, 2.45) is 0 Å². The first-order valence-electron chi connectivity index (χ1n) is 8.22. The zero-order valence-electron chi connectivity index (χ0n) is 13.9. The van der Waals surface area contributed by atoms with Gasteiger partial charge in [-0.15, -0.1) is 0 Å². The second-order valence-corrected chi connectivity index (χ2v) is 8.50. The molecule has 1 fully saturated rings. The van der Waals surface area contributed by atoms with Gasteiger partial charge in [-0.25, -0.2) is 8.42 Å². The van der Waals surface area contributed by atoms with Crippen LogP contribution in [0.15, 0.2) is 53.4 Å². The average Bonchev–Trinajstić information content (AvgIpc) is 2.63. The number of hydrogen-bond acceptors (Lipinski definition) is 4. The highest BCUT2D eigenvalue weighted by Gasteiger charge is 2.30. The predicted molar refractivity (Wildman–Crippen MR) is 98.8 cm³/mol. The summed E-state index contributed by atoms with van der Waals surface area (Å²) in [6.45, 7) is 0.632. The topological polar surface area (TPSA) is 86.7 Å². The monoisotopic (exact) mass is 394 g/mol. The van der Waals surface area contributed by atoms with Gasteiger partial charge in [0.05, 0.1) is 10.5 Å². The highest BCUT2D eigenvalue weighted by atomic mass is 35.5. The first kappa shape index (κ1) is 18.7.